The molecular formula is C12H30AlN3. The van der Waals surface area contributed by atoms with Crippen LogP contribution >= 0.6 is 0 Å². The molecule has 0 aromatic heterocycles. The number of rotatable bonds is 3. The zero-order chi connectivity index (χ0) is 12.9. The molecule has 0 aromatic carbocycles. The van der Waals surface area contributed by atoms with Crippen molar-refractivity contribution in [3.63, 3.8) is 0 Å². The van der Waals surface area contributed by atoms with Gasteiger partial charge in [-0.05, 0) is 0 Å². The van der Waals surface area contributed by atoms with Crippen LogP contribution in [0.2, 0.25) is 0 Å². The van der Waals surface area contributed by atoms with Gasteiger partial charge >= 0.3 is 17.4 Å². The summed E-state index contributed by atoms with van der Waals surface area (Å²) < 4.78 is 0. The van der Waals surface area contributed by atoms with Crippen molar-refractivity contribution in [1.29, 1.82) is 0 Å². The first kappa shape index (κ1) is 25.3. The number of nitrogens with zero attached hydrogens (tertiary/aromatic N) is 3. The molecule has 96 valence electrons. The molecular weight excluding hydrogens is 213 g/mol. The Morgan fingerprint density at radius 1 is 0.500 bits per heavy atom. The first-order chi connectivity index (χ1) is 6.81. The van der Waals surface area contributed by atoms with E-state index in [1.165, 1.54) is 0 Å². The van der Waals surface area contributed by atoms with Gasteiger partial charge in [0.1, 0.15) is 0 Å². The summed E-state index contributed by atoms with van der Waals surface area (Å²) in [5.74, 6) is 0. The molecule has 0 aromatic rings. The average Bonchev–Trinajstić information content (AvgIpc) is 2.19. The minimum atomic E-state index is 0. The zero-order valence-electron chi connectivity index (χ0n) is 12.7. The third-order valence-corrected chi connectivity index (χ3v) is 1.55. The van der Waals surface area contributed by atoms with Crippen molar-refractivity contribution in [2.75, 3.05) is 21.1 Å². The quantitative estimate of drug-likeness (QED) is 0.676. The van der Waals surface area contributed by atoms with Gasteiger partial charge in [0.05, 0.1) is 0 Å². The van der Waals surface area contributed by atoms with Crippen LogP contribution in [0.5, 0.6) is 0 Å². The fourth-order valence-electron chi connectivity index (χ4n) is 0. The van der Waals surface area contributed by atoms with Crippen LogP contribution in [0.4, 0.5) is 0 Å². The van der Waals surface area contributed by atoms with Gasteiger partial charge in [0.2, 0.25) is 0 Å². The summed E-state index contributed by atoms with van der Waals surface area (Å²) in [6.45, 7) is 12.3. The molecule has 0 heterocycles. The second kappa shape index (κ2) is 20.8. The van der Waals surface area contributed by atoms with Gasteiger partial charge < -0.3 is 16.0 Å². The standard InChI is InChI=1S/3C4H10N.Al/c3*1-4(2)5-3;/h3*4H,1-3H3;/q3*-1;+3. The van der Waals surface area contributed by atoms with Crippen LogP contribution in [-0.2, 0) is 0 Å². The Morgan fingerprint density at radius 3 is 0.562 bits per heavy atom. The van der Waals surface area contributed by atoms with Gasteiger partial charge in [-0.3, -0.25) is 0 Å². The van der Waals surface area contributed by atoms with E-state index >= 15 is 0 Å². The fourth-order valence-corrected chi connectivity index (χ4v) is 0. The van der Waals surface area contributed by atoms with E-state index in [1.807, 2.05) is 21.1 Å². The van der Waals surface area contributed by atoms with Crippen LogP contribution in [0.3, 0.4) is 0 Å². The molecule has 16 heavy (non-hydrogen) atoms. The second-order valence-electron chi connectivity index (χ2n) is 4.06. The molecule has 0 fully saturated rings. The number of hydrogen-bond donors (Lipinski definition) is 0. The summed E-state index contributed by atoms with van der Waals surface area (Å²) >= 11 is 0. The summed E-state index contributed by atoms with van der Waals surface area (Å²) in [5.41, 5.74) is 0. The van der Waals surface area contributed by atoms with Crippen molar-refractivity contribution in [2.24, 2.45) is 0 Å². The van der Waals surface area contributed by atoms with Crippen molar-refractivity contribution in [3.05, 3.63) is 16.0 Å². The first-order valence-corrected chi connectivity index (χ1v) is 5.58. The van der Waals surface area contributed by atoms with Crippen LogP contribution in [0.15, 0.2) is 0 Å². The van der Waals surface area contributed by atoms with E-state index in [-0.39, 0.29) is 17.4 Å². The van der Waals surface area contributed by atoms with E-state index in [0.717, 1.165) is 0 Å². The monoisotopic (exact) mass is 243 g/mol. The van der Waals surface area contributed by atoms with E-state index < -0.39 is 0 Å². The first-order valence-electron chi connectivity index (χ1n) is 5.58. The van der Waals surface area contributed by atoms with Crippen molar-refractivity contribution in [3.8, 4) is 0 Å². The summed E-state index contributed by atoms with van der Waals surface area (Å²) in [6, 6.07) is 1.53. The molecule has 4 heteroatoms. The molecule has 0 aliphatic heterocycles. The van der Waals surface area contributed by atoms with E-state index in [9.17, 15) is 0 Å². The molecule has 0 atom stereocenters. The normalized spacial score (nSPS) is 9.00. The smallest absolute Gasteiger partial charge is 0.663 e. The van der Waals surface area contributed by atoms with Gasteiger partial charge in [-0.1, -0.05) is 41.5 Å². The molecule has 0 bridgehead atoms. The summed E-state index contributed by atoms with van der Waals surface area (Å²) in [6.07, 6.45) is 0. The maximum atomic E-state index is 3.89. The summed E-state index contributed by atoms with van der Waals surface area (Å²) in [7, 11) is 5.47. The second-order valence-corrected chi connectivity index (χ2v) is 4.06. The SMILES string of the molecule is C[N-]C(C)C.C[N-]C(C)C.C[N-]C(C)C.[Al+3]. The molecule has 0 saturated heterocycles. The molecule has 0 radical (unpaired) electrons. The van der Waals surface area contributed by atoms with E-state index in [2.05, 4.69) is 57.5 Å². The maximum Gasteiger partial charge on any atom is 3.00 e. The fraction of sp³-hybridized carbons (Fsp3) is 1.00. The van der Waals surface area contributed by atoms with Gasteiger partial charge in [-0.15, -0.1) is 18.1 Å². The Labute approximate surface area is 114 Å². The Bertz CT molecular complexity index is 77.2. The minimum absolute atomic E-state index is 0. The molecule has 0 N–H and O–H groups in total. The van der Waals surface area contributed by atoms with E-state index in [4.69, 9.17) is 0 Å². The Morgan fingerprint density at radius 2 is 0.562 bits per heavy atom. The molecule has 0 rings (SSSR count). The van der Waals surface area contributed by atoms with Gasteiger partial charge in [0, 0.05) is 0 Å². The molecule has 0 aliphatic carbocycles. The Kier molecular flexibility index (Phi) is 32.9. The van der Waals surface area contributed by atoms with Crippen LogP contribution in [-0.4, -0.2) is 56.6 Å². The van der Waals surface area contributed by atoms with E-state index in [1.54, 1.807) is 0 Å². The van der Waals surface area contributed by atoms with Crippen LogP contribution in [0, 0.1) is 0 Å². The molecule has 0 unspecified atom stereocenters. The van der Waals surface area contributed by atoms with Gasteiger partial charge in [0.25, 0.3) is 0 Å². The average molecular weight is 243 g/mol. The van der Waals surface area contributed by atoms with Crippen LogP contribution in [0.1, 0.15) is 41.5 Å². The van der Waals surface area contributed by atoms with Crippen LogP contribution < -0.4 is 0 Å². The Balaban J connectivity index is -0.0000000655. The molecule has 0 saturated carbocycles. The minimum Gasteiger partial charge on any atom is -0.663 e. The maximum absolute atomic E-state index is 3.89. The molecule has 0 spiro atoms. The topological polar surface area (TPSA) is 42.3 Å². The summed E-state index contributed by atoms with van der Waals surface area (Å²) in [5, 5.41) is 11.7. The van der Waals surface area contributed by atoms with Crippen LogP contribution in [0.25, 0.3) is 16.0 Å². The van der Waals surface area contributed by atoms with Crippen molar-refractivity contribution < 1.29 is 0 Å². The van der Waals surface area contributed by atoms with E-state index in [0.29, 0.717) is 18.1 Å². The van der Waals surface area contributed by atoms with Gasteiger partial charge in [-0.25, -0.2) is 0 Å². The van der Waals surface area contributed by atoms with Crippen molar-refractivity contribution in [1.82, 2.24) is 0 Å². The van der Waals surface area contributed by atoms with Crippen molar-refractivity contribution >= 4 is 17.4 Å². The number of hydrogen-bond acceptors (Lipinski definition) is 0. The molecule has 0 aliphatic rings. The third-order valence-electron chi connectivity index (χ3n) is 1.55. The van der Waals surface area contributed by atoms with Crippen molar-refractivity contribution in [2.45, 2.75) is 59.7 Å². The zero-order valence-corrected chi connectivity index (χ0v) is 13.8. The predicted octanol–water partition coefficient (Wildman–Crippen LogP) is 3.81. The third kappa shape index (κ3) is 63.1. The molecule has 3 nitrogen and oxygen atoms in total. The van der Waals surface area contributed by atoms with Gasteiger partial charge in [-0.2, -0.15) is 21.1 Å². The Hall–Kier alpha value is 0.412. The predicted molar refractivity (Wildman–Crippen MR) is 79.0 cm³/mol. The van der Waals surface area contributed by atoms with Gasteiger partial charge in [0.15, 0.2) is 0 Å². The molecule has 0 amide bonds. The summed E-state index contributed by atoms with van der Waals surface area (Å²) in [4.78, 5) is 0. The largest absolute Gasteiger partial charge is 3.00 e.